The molecule has 0 saturated carbocycles. The Bertz CT molecular complexity index is 614. The molecule has 0 aromatic carbocycles. The van der Waals surface area contributed by atoms with Crippen LogP contribution in [0.2, 0.25) is 0 Å². The third-order valence-corrected chi connectivity index (χ3v) is 3.69. The van der Waals surface area contributed by atoms with Gasteiger partial charge in [-0.1, -0.05) is 11.8 Å². The van der Waals surface area contributed by atoms with Gasteiger partial charge in [0.15, 0.2) is 11.0 Å². The minimum absolute atomic E-state index is 0.102. The maximum Gasteiger partial charge on any atom is 0.313 e. The van der Waals surface area contributed by atoms with Crippen LogP contribution in [0.4, 0.5) is 0 Å². The summed E-state index contributed by atoms with van der Waals surface area (Å²) in [5.41, 5.74) is 2.03. The monoisotopic (exact) mass is 294 g/mol. The van der Waals surface area contributed by atoms with Gasteiger partial charge >= 0.3 is 5.97 Å². The number of aryl methyl sites for hydroxylation is 1. The number of aliphatic hydroxyl groups excluding tert-OH is 1. The molecule has 0 aliphatic heterocycles. The molecule has 20 heavy (non-hydrogen) atoms. The van der Waals surface area contributed by atoms with Crippen LogP contribution in [0.3, 0.4) is 0 Å². The molecular weight excluding hydrogens is 280 g/mol. The van der Waals surface area contributed by atoms with E-state index in [1.54, 1.807) is 17.0 Å². The predicted molar refractivity (Wildman–Crippen MR) is 72.4 cm³/mol. The molecule has 0 spiro atoms. The van der Waals surface area contributed by atoms with E-state index in [9.17, 15) is 9.90 Å². The maximum absolute atomic E-state index is 10.6. The standard InChI is InChI=1S/C12H14N4O3S/c1-8-2-3-13-4-9(8)5-16-10(6-17)14-15-12(16)20-7-11(18)19/h2-4,17H,5-7H2,1H3,(H,18,19). The van der Waals surface area contributed by atoms with Gasteiger partial charge in [0.1, 0.15) is 6.61 Å². The quantitative estimate of drug-likeness (QED) is 0.756. The fourth-order valence-electron chi connectivity index (χ4n) is 1.66. The zero-order chi connectivity index (χ0) is 14.5. The summed E-state index contributed by atoms with van der Waals surface area (Å²) in [6, 6.07) is 1.89. The number of aromatic nitrogens is 4. The molecule has 2 aromatic rings. The van der Waals surface area contributed by atoms with Gasteiger partial charge < -0.3 is 10.2 Å². The lowest BCUT2D eigenvalue weighted by molar-refractivity contribution is -0.133. The van der Waals surface area contributed by atoms with Gasteiger partial charge in [-0.15, -0.1) is 10.2 Å². The second kappa shape index (κ2) is 6.49. The normalized spacial score (nSPS) is 10.7. The van der Waals surface area contributed by atoms with Crippen LogP contribution in [0, 0.1) is 6.92 Å². The Balaban J connectivity index is 2.27. The van der Waals surface area contributed by atoms with Crippen molar-refractivity contribution in [3.8, 4) is 0 Å². The summed E-state index contributed by atoms with van der Waals surface area (Å²) in [4.78, 5) is 14.7. The first kappa shape index (κ1) is 14.5. The molecule has 7 nitrogen and oxygen atoms in total. The molecule has 0 aliphatic carbocycles. The highest BCUT2D eigenvalue weighted by Crippen LogP contribution is 2.19. The first-order valence-corrected chi connectivity index (χ1v) is 6.87. The summed E-state index contributed by atoms with van der Waals surface area (Å²) in [6.45, 7) is 2.16. The number of carboxylic acids is 1. The van der Waals surface area contributed by atoms with Gasteiger partial charge in [0.25, 0.3) is 0 Å². The third kappa shape index (κ3) is 3.34. The van der Waals surface area contributed by atoms with Crippen LogP contribution in [0.5, 0.6) is 0 Å². The first-order valence-electron chi connectivity index (χ1n) is 5.89. The molecular formula is C12H14N4O3S. The molecule has 0 atom stereocenters. The summed E-state index contributed by atoms with van der Waals surface area (Å²) >= 11 is 1.07. The summed E-state index contributed by atoms with van der Waals surface area (Å²) in [7, 11) is 0. The number of carboxylic acid groups (broad SMARTS) is 1. The zero-order valence-corrected chi connectivity index (χ0v) is 11.7. The molecule has 0 amide bonds. The van der Waals surface area contributed by atoms with Crippen molar-refractivity contribution in [3.05, 3.63) is 35.4 Å². The van der Waals surface area contributed by atoms with Gasteiger partial charge in [0.2, 0.25) is 0 Å². The van der Waals surface area contributed by atoms with Crippen molar-refractivity contribution in [2.24, 2.45) is 0 Å². The molecule has 2 rings (SSSR count). The average Bonchev–Trinajstić information content (AvgIpc) is 2.81. The second-order valence-corrected chi connectivity index (χ2v) is 5.07. The number of hydrogen-bond donors (Lipinski definition) is 2. The molecule has 2 heterocycles. The lowest BCUT2D eigenvalue weighted by Gasteiger charge is -2.10. The van der Waals surface area contributed by atoms with E-state index < -0.39 is 5.97 Å². The molecule has 0 unspecified atom stereocenters. The fourth-order valence-corrected chi connectivity index (χ4v) is 2.34. The molecule has 0 bridgehead atoms. The van der Waals surface area contributed by atoms with E-state index in [0.29, 0.717) is 17.5 Å². The number of thioether (sulfide) groups is 1. The number of nitrogens with zero attached hydrogens (tertiary/aromatic N) is 4. The summed E-state index contributed by atoms with van der Waals surface area (Å²) in [5, 5.41) is 26.3. The Labute approximate surface area is 119 Å². The van der Waals surface area contributed by atoms with Crippen LogP contribution in [0.15, 0.2) is 23.6 Å². The van der Waals surface area contributed by atoms with E-state index in [4.69, 9.17) is 5.11 Å². The number of rotatable bonds is 6. The minimum Gasteiger partial charge on any atom is -0.481 e. The van der Waals surface area contributed by atoms with Gasteiger partial charge in [-0.3, -0.25) is 14.3 Å². The molecule has 2 aromatic heterocycles. The fraction of sp³-hybridized carbons (Fsp3) is 0.333. The number of hydrogen-bond acceptors (Lipinski definition) is 6. The predicted octanol–water partition coefficient (Wildman–Crippen LogP) is 0.699. The lowest BCUT2D eigenvalue weighted by atomic mass is 10.1. The highest BCUT2D eigenvalue weighted by molar-refractivity contribution is 7.99. The SMILES string of the molecule is Cc1ccncc1Cn1c(CO)nnc1SCC(=O)O. The van der Waals surface area contributed by atoms with Crippen molar-refractivity contribution in [2.75, 3.05) is 5.75 Å². The lowest BCUT2D eigenvalue weighted by Crippen LogP contribution is -2.09. The highest BCUT2D eigenvalue weighted by Gasteiger charge is 2.14. The van der Waals surface area contributed by atoms with Crippen molar-refractivity contribution in [1.82, 2.24) is 19.7 Å². The molecule has 0 aliphatic rings. The number of aliphatic hydroxyl groups is 1. The third-order valence-electron chi connectivity index (χ3n) is 2.74. The smallest absolute Gasteiger partial charge is 0.313 e. The minimum atomic E-state index is -0.923. The topological polar surface area (TPSA) is 101 Å². The van der Waals surface area contributed by atoms with E-state index in [0.717, 1.165) is 22.9 Å². The average molecular weight is 294 g/mol. The van der Waals surface area contributed by atoms with Gasteiger partial charge in [0, 0.05) is 12.4 Å². The van der Waals surface area contributed by atoms with Crippen LogP contribution in [-0.4, -0.2) is 41.7 Å². The van der Waals surface area contributed by atoms with E-state index in [2.05, 4.69) is 15.2 Å². The van der Waals surface area contributed by atoms with E-state index in [-0.39, 0.29) is 12.4 Å². The molecule has 0 fully saturated rings. The highest BCUT2D eigenvalue weighted by atomic mass is 32.2. The van der Waals surface area contributed by atoms with E-state index in [1.165, 1.54) is 0 Å². The molecule has 0 saturated heterocycles. The van der Waals surface area contributed by atoms with Crippen molar-refractivity contribution in [2.45, 2.75) is 25.2 Å². The van der Waals surface area contributed by atoms with Crippen molar-refractivity contribution in [3.63, 3.8) is 0 Å². The number of aliphatic carboxylic acids is 1. The number of carbonyl (C=O) groups is 1. The summed E-state index contributed by atoms with van der Waals surface area (Å²) in [5.74, 6) is -0.621. The Kier molecular flexibility index (Phi) is 4.70. The van der Waals surface area contributed by atoms with Crippen molar-refractivity contribution in [1.29, 1.82) is 0 Å². The van der Waals surface area contributed by atoms with E-state index in [1.807, 2.05) is 13.0 Å². The van der Waals surface area contributed by atoms with Crippen LogP contribution >= 0.6 is 11.8 Å². The maximum atomic E-state index is 10.6. The second-order valence-electron chi connectivity index (χ2n) is 4.13. The zero-order valence-electron chi connectivity index (χ0n) is 10.9. The Morgan fingerprint density at radius 3 is 2.90 bits per heavy atom. The van der Waals surface area contributed by atoms with Crippen molar-refractivity contribution < 1.29 is 15.0 Å². The van der Waals surface area contributed by atoms with Crippen molar-refractivity contribution >= 4 is 17.7 Å². The van der Waals surface area contributed by atoms with Gasteiger partial charge in [-0.25, -0.2) is 0 Å². The first-order chi connectivity index (χ1) is 9.61. The van der Waals surface area contributed by atoms with Gasteiger partial charge in [-0.2, -0.15) is 0 Å². The number of pyridine rings is 1. The van der Waals surface area contributed by atoms with E-state index >= 15 is 0 Å². The molecule has 0 radical (unpaired) electrons. The van der Waals surface area contributed by atoms with Crippen LogP contribution in [-0.2, 0) is 17.9 Å². The van der Waals surface area contributed by atoms with Gasteiger partial charge in [0.05, 0.1) is 12.3 Å². The Hall–Kier alpha value is -1.93. The van der Waals surface area contributed by atoms with Crippen LogP contribution in [0.25, 0.3) is 0 Å². The van der Waals surface area contributed by atoms with Crippen LogP contribution < -0.4 is 0 Å². The Morgan fingerprint density at radius 2 is 2.25 bits per heavy atom. The summed E-state index contributed by atoms with van der Waals surface area (Å²) < 4.78 is 1.71. The molecule has 106 valence electrons. The molecule has 8 heteroatoms. The molecule has 2 N–H and O–H groups in total. The van der Waals surface area contributed by atoms with Crippen LogP contribution in [0.1, 0.15) is 17.0 Å². The largest absolute Gasteiger partial charge is 0.481 e. The Morgan fingerprint density at radius 1 is 1.45 bits per heavy atom. The van der Waals surface area contributed by atoms with Gasteiger partial charge in [-0.05, 0) is 24.1 Å². The summed E-state index contributed by atoms with van der Waals surface area (Å²) in [6.07, 6.45) is 3.44.